The molecule has 2 aromatic carbocycles. The van der Waals surface area contributed by atoms with Crippen LogP contribution in [0.5, 0.6) is 0 Å². The monoisotopic (exact) mass is 909 g/mol. The van der Waals surface area contributed by atoms with Crippen molar-refractivity contribution >= 4 is 29.8 Å². The van der Waals surface area contributed by atoms with Crippen LogP contribution in [-0.2, 0) is 67.1 Å². The Morgan fingerprint density at radius 1 is 0.955 bits per heavy atom. The molecule has 4 saturated heterocycles. The molecule has 11 atom stereocenters. The number of carbonyl (C=O) groups is 4. The van der Waals surface area contributed by atoms with E-state index in [4.69, 9.17) is 28.5 Å². The molecule has 356 valence electrons. The molecular formula is C52H67N3O11. The van der Waals surface area contributed by atoms with Crippen LogP contribution in [0.1, 0.15) is 122 Å². The molecule has 10 rings (SSSR count). The van der Waals surface area contributed by atoms with Gasteiger partial charge in [0.1, 0.15) is 35.4 Å². The molecular weight excluding hydrogens is 843 g/mol. The summed E-state index contributed by atoms with van der Waals surface area (Å²) in [5.74, 6) is -1.59. The number of nitrogens with zero attached hydrogens (tertiary/aromatic N) is 1. The molecule has 7 fully saturated rings. The number of hydrogen-bond donors (Lipinski definition) is 3. The summed E-state index contributed by atoms with van der Waals surface area (Å²) in [7, 11) is 0. The second-order valence-electron chi connectivity index (χ2n) is 22.4. The highest BCUT2D eigenvalue weighted by Gasteiger charge is 2.76. The Morgan fingerprint density at radius 2 is 1.68 bits per heavy atom. The van der Waals surface area contributed by atoms with Crippen LogP contribution in [0.3, 0.4) is 0 Å². The molecule has 14 nitrogen and oxygen atoms in total. The molecule has 0 radical (unpaired) electrons. The lowest BCUT2D eigenvalue weighted by atomic mass is 9.52. The van der Waals surface area contributed by atoms with Gasteiger partial charge in [0.15, 0.2) is 11.8 Å². The van der Waals surface area contributed by atoms with Crippen molar-refractivity contribution in [2.75, 3.05) is 13.2 Å². The Hall–Kier alpha value is -4.18. The van der Waals surface area contributed by atoms with Gasteiger partial charge in [-0.2, -0.15) is 5.06 Å². The van der Waals surface area contributed by atoms with Crippen molar-refractivity contribution in [3.8, 4) is 0 Å². The SMILES string of the molecule is CC(C)(C)OC(=O)CC[C@@H](CO)NC(=O)CCNC(=O)[C@@]12C[C@H]3OC(=O)[C@@H]1N(Cc1ccc(C=C4CCC5O[C@]5(C)CC[C@@H]5[C@@H]4CC5(C)C)cc1)O[C@@H]2[C@H]1OC2(Cc4ccccc4C2)O[C@H]13. The Balaban J connectivity index is 0.859. The summed E-state index contributed by atoms with van der Waals surface area (Å²) in [4.78, 5) is 61.4. The Morgan fingerprint density at radius 3 is 2.38 bits per heavy atom. The highest BCUT2D eigenvalue weighted by molar-refractivity contribution is 5.94. The van der Waals surface area contributed by atoms with Crippen LogP contribution in [-0.4, -0.2) is 107 Å². The normalized spacial score (nSPS) is 35.4. The number of nitrogens with one attached hydrogen (secondary N) is 2. The number of fused-ring (bicyclic) bond motifs is 7. The van der Waals surface area contributed by atoms with Crippen LogP contribution in [0.15, 0.2) is 54.1 Å². The maximum absolute atomic E-state index is 14.8. The summed E-state index contributed by atoms with van der Waals surface area (Å²) >= 11 is 0. The number of carbonyl (C=O) groups excluding carboxylic acids is 4. The van der Waals surface area contributed by atoms with Gasteiger partial charge in [-0.05, 0) is 106 Å². The lowest BCUT2D eigenvalue weighted by Crippen LogP contribution is -2.69. The van der Waals surface area contributed by atoms with Crippen molar-refractivity contribution < 1.29 is 52.8 Å². The van der Waals surface area contributed by atoms with Crippen molar-refractivity contribution in [1.82, 2.24) is 15.7 Å². The van der Waals surface area contributed by atoms with E-state index in [1.165, 1.54) is 18.4 Å². The number of hydrogen-bond acceptors (Lipinski definition) is 12. The zero-order valence-corrected chi connectivity index (χ0v) is 39.3. The molecule has 2 amide bonds. The van der Waals surface area contributed by atoms with Crippen molar-refractivity contribution in [2.45, 2.75) is 178 Å². The minimum Gasteiger partial charge on any atom is -0.460 e. The van der Waals surface area contributed by atoms with Crippen molar-refractivity contribution in [3.05, 3.63) is 76.4 Å². The van der Waals surface area contributed by atoms with Crippen LogP contribution >= 0.6 is 0 Å². The largest absolute Gasteiger partial charge is 0.460 e. The zero-order chi connectivity index (χ0) is 46.4. The molecule has 1 spiro atoms. The molecule has 3 N–H and O–H groups in total. The van der Waals surface area contributed by atoms with E-state index in [9.17, 15) is 24.3 Å². The third-order valence-corrected chi connectivity index (χ3v) is 16.1. The molecule has 2 bridgehead atoms. The van der Waals surface area contributed by atoms with Crippen molar-refractivity contribution in [1.29, 1.82) is 0 Å². The van der Waals surface area contributed by atoms with Crippen LogP contribution in [0.25, 0.3) is 6.08 Å². The molecule has 4 heterocycles. The van der Waals surface area contributed by atoms with Gasteiger partial charge in [-0.3, -0.25) is 24.0 Å². The maximum Gasteiger partial charge on any atom is 0.327 e. The molecule has 4 aliphatic heterocycles. The van der Waals surface area contributed by atoms with E-state index in [0.29, 0.717) is 36.2 Å². The first-order valence-electron chi connectivity index (χ1n) is 24.3. The number of benzene rings is 2. The zero-order valence-electron chi connectivity index (χ0n) is 39.3. The maximum atomic E-state index is 14.8. The molecule has 66 heavy (non-hydrogen) atoms. The highest BCUT2D eigenvalue weighted by atomic mass is 16.8. The van der Waals surface area contributed by atoms with Crippen LogP contribution in [0.2, 0.25) is 0 Å². The Bertz CT molecular complexity index is 2250. The van der Waals surface area contributed by atoms with E-state index >= 15 is 0 Å². The second kappa shape index (κ2) is 16.8. The minimum absolute atomic E-state index is 0.0254. The van der Waals surface area contributed by atoms with Crippen LogP contribution in [0.4, 0.5) is 0 Å². The number of epoxide rings is 1. The average Bonchev–Trinajstić information content (AvgIpc) is 3.53. The third-order valence-electron chi connectivity index (χ3n) is 16.1. The van der Waals surface area contributed by atoms with E-state index in [1.807, 2.05) is 12.1 Å². The first-order chi connectivity index (χ1) is 31.4. The summed E-state index contributed by atoms with van der Waals surface area (Å²) in [6.45, 7) is 12.2. The van der Waals surface area contributed by atoms with Gasteiger partial charge in [0.25, 0.3) is 0 Å². The molecule has 8 aliphatic rings. The summed E-state index contributed by atoms with van der Waals surface area (Å²) < 4.78 is 31.4. The minimum atomic E-state index is -1.41. The topological polar surface area (TPSA) is 174 Å². The van der Waals surface area contributed by atoms with E-state index in [2.05, 4.69) is 73.9 Å². The highest BCUT2D eigenvalue weighted by Crippen LogP contribution is 2.61. The van der Waals surface area contributed by atoms with Crippen LogP contribution < -0.4 is 10.6 Å². The summed E-state index contributed by atoms with van der Waals surface area (Å²) in [5.41, 5.74) is 4.09. The average molecular weight is 910 g/mol. The summed E-state index contributed by atoms with van der Waals surface area (Å²) in [6, 6.07) is 14.8. The first kappa shape index (κ1) is 45.6. The van der Waals surface area contributed by atoms with Gasteiger partial charge >= 0.3 is 11.9 Å². The van der Waals surface area contributed by atoms with Crippen LogP contribution in [0, 0.1) is 22.7 Å². The fourth-order valence-corrected chi connectivity index (χ4v) is 12.7. The molecule has 0 aromatic heterocycles. The van der Waals surface area contributed by atoms with E-state index < -0.39 is 77.1 Å². The van der Waals surface area contributed by atoms with Crippen molar-refractivity contribution in [2.24, 2.45) is 22.7 Å². The van der Waals surface area contributed by atoms with Gasteiger partial charge in [0.05, 0.1) is 30.9 Å². The fourth-order valence-electron chi connectivity index (χ4n) is 12.7. The van der Waals surface area contributed by atoms with Gasteiger partial charge in [-0.25, -0.2) is 0 Å². The molecule has 14 heteroatoms. The number of hydroxylamine groups is 2. The van der Waals surface area contributed by atoms with Gasteiger partial charge in [-0.15, -0.1) is 0 Å². The second-order valence-corrected chi connectivity index (χ2v) is 22.4. The fraction of sp³-hybridized carbons (Fsp3) is 0.654. The first-order valence-corrected chi connectivity index (χ1v) is 24.3. The standard InChI is InChI=1S/C52H67N3O11/c1-48(2,3)63-41(58)18-16-35(29-56)54-40(57)20-22-53-47(60)52-27-38-42-43(65-51(64-42)24-33-9-7-8-10-34(33)25-51)45(52)66-55(44(52)46(59)61-38)28-31-13-11-30(12-14-31)23-32-15-17-39-50(6,62-39)21-19-37-36(32)26-49(37,4)5/h7-14,23,35-39,42-45,56H,15-22,24-29H2,1-6H3,(H,53,60)(H,54,57)/t35-,36+,37+,38+,39?,42-,43-,44-,45+,50+,52-/m0/s1. The van der Waals surface area contributed by atoms with E-state index in [0.717, 1.165) is 41.5 Å². The Kier molecular flexibility index (Phi) is 11.6. The lowest BCUT2D eigenvalue weighted by molar-refractivity contribution is -0.217. The van der Waals surface area contributed by atoms with Gasteiger partial charge in [0.2, 0.25) is 11.8 Å². The molecule has 3 saturated carbocycles. The smallest absolute Gasteiger partial charge is 0.327 e. The number of amides is 2. The predicted octanol–water partition coefficient (Wildman–Crippen LogP) is 5.65. The molecule has 1 unspecified atom stereocenters. The lowest BCUT2D eigenvalue weighted by Gasteiger charge is -2.53. The van der Waals surface area contributed by atoms with E-state index in [1.54, 1.807) is 25.8 Å². The quantitative estimate of drug-likeness (QED) is 0.177. The number of allylic oxidation sites excluding steroid dienone is 1. The predicted molar refractivity (Wildman–Crippen MR) is 241 cm³/mol. The molecule has 4 aliphatic carbocycles. The van der Waals surface area contributed by atoms with Gasteiger partial charge in [0, 0.05) is 38.6 Å². The van der Waals surface area contributed by atoms with Gasteiger partial charge in [-0.1, -0.05) is 74.0 Å². The summed E-state index contributed by atoms with van der Waals surface area (Å²) in [6.07, 6.45) is 6.62. The molecule has 2 aromatic rings. The van der Waals surface area contributed by atoms with Gasteiger partial charge < -0.3 is 39.4 Å². The number of ether oxygens (including phenoxy) is 5. The number of aliphatic hydroxyl groups is 1. The van der Waals surface area contributed by atoms with E-state index in [-0.39, 0.29) is 51.0 Å². The number of rotatable bonds is 12. The number of esters is 2. The summed E-state index contributed by atoms with van der Waals surface area (Å²) in [5, 5.41) is 17.3. The number of aliphatic hydroxyl groups excluding tert-OH is 1. The Labute approximate surface area is 387 Å². The third kappa shape index (κ3) is 8.42. The van der Waals surface area contributed by atoms with Crippen molar-refractivity contribution in [3.63, 3.8) is 0 Å².